The van der Waals surface area contributed by atoms with Crippen LogP contribution in [0.25, 0.3) is 0 Å². The van der Waals surface area contributed by atoms with Gasteiger partial charge in [-0.2, -0.15) is 0 Å². The molecule has 2 amide bonds. The highest BCUT2D eigenvalue weighted by Crippen LogP contribution is 2.30. The smallest absolute Gasteiger partial charge is 0.326 e. The van der Waals surface area contributed by atoms with Crippen LogP contribution in [0, 0.1) is 0 Å². The van der Waals surface area contributed by atoms with Crippen molar-refractivity contribution in [1.82, 2.24) is 4.90 Å². The lowest BCUT2D eigenvalue weighted by Crippen LogP contribution is -2.49. The van der Waals surface area contributed by atoms with Crippen LogP contribution in [0.15, 0.2) is 22.7 Å². The molecular weight excluding hydrogens is 348 g/mol. The second-order valence-corrected chi connectivity index (χ2v) is 5.77. The average molecular weight is 362 g/mol. The highest BCUT2D eigenvalue weighted by molar-refractivity contribution is 9.10. The van der Waals surface area contributed by atoms with E-state index < -0.39 is 18.0 Å². The number of nitrogens with zero attached hydrogens (tertiary/aromatic N) is 1. The van der Waals surface area contributed by atoms with Gasteiger partial charge in [0.25, 0.3) is 0 Å². The zero-order chi connectivity index (χ0) is 14.7. The maximum absolute atomic E-state index is 12.2. The maximum atomic E-state index is 12.2. The Hall–Kier alpha value is -1.27. The topological polar surface area (TPSA) is 69.6 Å². The van der Waals surface area contributed by atoms with Gasteiger partial charge in [0.2, 0.25) is 0 Å². The maximum Gasteiger partial charge on any atom is 0.326 e. The van der Waals surface area contributed by atoms with Crippen molar-refractivity contribution in [3.8, 4) is 0 Å². The summed E-state index contributed by atoms with van der Waals surface area (Å²) < 4.78 is 0.582. The third-order valence-electron chi connectivity index (χ3n) is 3.24. The number of piperidine rings is 1. The summed E-state index contributed by atoms with van der Waals surface area (Å²) in [6.45, 7) is 0.445. The largest absolute Gasteiger partial charge is 0.480 e. The number of hydrogen-bond acceptors (Lipinski definition) is 2. The van der Waals surface area contributed by atoms with Crippen LogP contribution >= 0.6 is 27.5 Å². The number of carboxylic acid groups (broad SMARTS) is 1. The molecule has 1 atom stereocenters. The summed E-state index contributed by atoms with van der Waals surface area (Å²) in [4.78, 5) is 24.8. The lowest BCUT2D eigenvalue weighted by molar-refractivity contribution is -0.143. The molecule has 0 aliphatic carbocycles. The van der Waals surface area contributed by atoms with Crippen molar-refractivity contribution in [2.45, 2.75) is 25.3 Å². The fourth-order valence-corrected chi connectivity index (χ4v) is 2.76. The number of rotatable bonds is 2. The summed E-state index contributed by atoms with van der Waals surface area (Å²) in [5.74, 6) is -0.968. The number of anilines is 1. The first kappa shape index (κ1) is 15.1. The number of nitrogens with one attached hydrogen (secondary N) is 1. The Balaban J connectivity index is 2.14. The molecule has 2 rings (SSSR count). The number of likely N-dealkylation sites (tertiary alicyclic amines) is 1. The minimum atomic E-state index is -0.968. The van der Waals surface area contributed by atoms with E-state index in [0.29, 0.717) is 28.1 Å². The Labute approximate surface area is 130 Å². The highest BCUT2D eigenvalue weighted by Gasteiger charge is 2.32. The molecule has 1 aromatic carbocycles. The Kier molecular flexibility index (Phi) is 4.88. The number of hydrogen-bond donors (Lipinski definition) is 2. The third-order valence-corrected chi connectivity index (χ3v) is 4.64. The molecule has 1 aliphatic heterocycles. The summed E-state index contributed by atoms with van der Waals surface area (Å²) in [5.41, 5.74) is 0.525. The van der Waals surface area contributed by atoms with E-state index in [9.17, 15) is 14.7 Å². The van der Waals surface area contributed by atoms with E-state index in [-0.39, 0.29) is 0 Å². The summed E-state index contributed by atoms with van der Waals surface area (Å²) >= 11 is 9.25. The van der Waals surface area contributed by atoms with Gasteiger partial charge in [-0.25, -0.2) is 9.59 Å². The van der Waals surface area contributed by atoms with Crippen molar-refractivity contribution < 1.29 is 14.7 Å². The Morgan fingerprint density at radius 2 is 2.15 bits per heavy atom. The van der Waals surface area contributed by atoms with Gasteiger partial charge in [-0.1, -0.05) is 17.7 Å². The zero-order valence-electron chi connectivity index (χ0n) is 10.6. The quantitative estimate of drug-likeness (QED) is 0.846. The number of carbonyl (C=O) groups is 2. The molecule has 2 N–H and O–H groups in total. The van der Waals surface area contributed by atoms with E-state index in [1.165, 1.54) is 4.90 Å². The van der Waals surface area contributed by atoms with Crippen LogP contribution in [0.4, 0.5) is 10.5 Å². The lowest BCUT2D eigenvalue weighted by Gasteiger charge is -2.33. The molecule has 0 spiro atoms. The Morgan fingerprint density at radius 1 is 1.40 bits per heavy atom. The van der Waals surface area contributed by atoms with Crippen molar-refractivity contribution in [3.05, 3.63) is 27.7 Å². The summed E-state index contributed by atoms with van der Waals surface area (Å²) in [6, 6.07) is 3.94. The van der Waals surface area contributed by atoms with Crippen molar-refractivity contribution in [1.29, 1.82) is 0 Å². The van der Waals surface area contributed by atoms with Gasteiger partial charge in [0.05, 0.1) is 15.2 Å². The molecule has 1 saturated heterocycles. The first-order valence-corrected chi connectivity index (χ1v) is 7.42. The van der Waals surface area contributed by atoms with E-state index in [0.717, 1.165) is 12.8 Å². The van der Waals surface area contributed by atoms with Gasteiger partial charge in [0.1, 0.15) is 6.04 Å². The molecular formula is C13H14BrClN2O3. The van der Waals surface area contributed by atoms with Crippen molar-refractivity contribution in [2.75, 3.05) is 11.9 Å². The molecule has 0 radical (unpaired) electrons. The predicted molar refractivity (Wildman–Crippen MR) is 80.2 cm³/mol. The predicted octanol–water partition coefficient (Wildman–Crippen LogP) is 3.57. The van der Waals surface area contributed by atoms with Crippen LogP contribution < -0.4 is 5.32 Å². The molecule has 7 heteroatoms. The van der Waals surface area contributed by atoms with Gasteiger partial charge in [-0.15, -0.1) is 0 Å². The number of carboxylic acids is 1. The first-order chi connectivity index (χ1) is 9.50. The number of carbonyl (C=O) groups excluding carboxylic acids is 1. The van der Waals surface area contributed by atoms with Gasteiger partial charge in [-0.05, 0) is 47.3 Å². The van der Waals surface area contributed by atoms with Crippen LogP contribution in [0.5, 0.6) is 0 Å². The zero-order valence-corrected chi connectivity index (χ0v) is 12.9. The van der Waals surface area contributed by atoms with E-state index in [4.69, 9.17) is 11.6 Å². The molecule has 0 bridgehead atoms. The fraction of sp³-hybridized carbons (Fsp3) is 0.385. The molecule has 1 aromatic rings. The average Bonchev–Trinajstić information content (AvgIpc) is 2.43. The number of benzene rings is 1. The van der Waals surface area contributed by atoms with Crippen LogP contribution in [-0.4, -0.2) is 34.6 Å². The second kappa shape index (κ2) is 6.45. The van der Waals surface area contributed by atoms with Crippen molar-refractivity contribution in [3.63, 3.8) is 0 Å². The lowest BCUT2D eigenvalue weighted by atomic mass is 10.0. The third kappa shape index (κ3) is 3.24. The first-order valence-electron chi connectivity index (χ1n) is 6.25. The summed E-state index contributed by atoms with van der Waals surface area (Å²) in [7, 11) is 0. The van der Waals surface area contributed by atoms with Gasteiger partial charge in [-0.3, -0.25) is 0 Å². The molecule has 0 saturated carbocycles. The highest BCUT2D eigenvalue weighted by atomic mass is 79.9. The molecule has 20 heavy (non-hydrogen) atoms. The van der Waals surface area contributed by atoms with Gasteiger partial charge in [0.15, 0.2) is 0 Å². The van der Waals surface area contributed by atoms with E-state index in [1.54, 1.807) is 18.2 Å². The minimum absolute atomic E-state index is 0.417. The van der Waals surface area contributed by atoms with Crippen LogP contribution in [-0.2, 0) is 4.79 Å². The molecule has 1 fully saturated rings. The number of aliphatic carboxylic acids is 1. The molecule has 1 heterocycles. The Morgan fingerprint density at radius 3 is 2.85 bits per heavy atom. The molecule has 1 unspecified atom stereocenters. The molecule has 5 nitrogen and oxygen atoms in total. The molecule has 0 aromatic heterocycles. The van der Waals surface area contributed by atoms with E-state index in [1.807, 2.05) is 0 Å². The summed E-state index contributed by atoms with van der Waals surface area (Å²) in [6.07, 6.45) is 2.12. The normalized spacial score (nSPS) is 18.7. The summed E-state index contributed by atoms with van der Waals surface area (Å²) in [5, 5.41) is 12.4. The Bertz CT molecular complexity index is 538. The number of urea groups is 1. The van der Waals surface area contributed by atoms with Gasteiger partial charge < -0.3 is 15.3 Å². The minimum Gasteiger partial charge on any atom is -0.480 e. The van der Waals surface area contributed by atoms with Gasteiger partial charge >= 0.3 is 12.0 Å². The van der Waals surface area contributed by atoms with Crippen molar-refractivity contribution >= 4 is 45.2 Å². The van der Waals surface area contributed by atoms with Crippen molar-refractivity contribution in [2.24, 2.45) is 0 Å². The second-order valence-electron chi connectivity index (χ2n) is 4.57. The number of halogens is 2. The monoisotopic (exact) mass is 360 g/mol. The molecule has 108 valence electrons. The van der Waals surface area contributed by atoms with Crippen LogP contribution in [0.1, 0.15) is 19.3 Å². The standard InChI is InChI=1S/C13H14BrClN2O3/c14-11-8(15)4-3-5-9(11)16-13(20)17-7-2-1-6-10(17)12(18)19/h3-5,10H,1-2,6-7H2,(H,16,20)(H,18,19). The van der Waals surface area contributed by atoms with Crippen LogP contribution in [0.3, 0.4) is 0 Å². The van der Waals surface area contributed by atoms with E-state index >= 15 is 0 Å². The fourth-order valence-electron chi connectivity index (χ4n) is 2.22. The van der Waals surface area contributed by atoms with E-state index in [2.05, 4.69) is 21.2 Å². The van der Waals surface area contributed by atoms with Gasteiger partial charge in [0, 0.05) is 6.54 Å². The van der Waals surface area contributed by atoms with Crippen LogP contribution in [0.2, 0.25) is 5.02 Å². The number of amides is 2. The molecule has 1 aliphatic rings. The SMILES string of the molecule is O=C(O)C1CCCCN1C(=O)Nc1cccc(Cl)c1Br.